The highest BCUT2D eigenvalue weighted by atomic mass is 16.4. The Bertz CT molecular complexity index is 661. The Labute approximate surface area is 123 Å². The van der Waals surface area contributed by atoms with Gasteiger partial charge in [0.15, 0.2) is 0 Å². The molecule has 3 rings (SSSR count). The molecule has 0 bridgehead atoms. The van der Waals surface area contributed by atoms with Gasteiger partial charge in [-0.3, -0.25) is 4.79 Å². The summed E-state index contributed by atoms with van der Waals surface area (Å²) in [6.45, 7) is 2.32. The van der Waals surface area contributed by atoms with Gasteiger partial charge in [0.25, 0.3) is 5.91 Å². The van der Waals surface area contributed by atoms with Gasteiger partial charge in [-0.05, 0) is 31.4 Å². The van der Waals surface area contributed by atoms with Crippen molar-refractivity contribution in [2.75, 3.05) is 12.4 Å². The van der Waals surface area contributed by atoms with Crippen molar-refractivity contribution in [2.24, 2.45) is 0 Å². The summed E-state index contributed by atoms with van der Waals surface area (Å²) >= 11 is 0. The number of amides is 1. The first-order valence-electron chi connectivity index (χ1n) is 7.07. The average molecular weight is 286 g/mol. The van der Waals surface area contributed by atoms with E-state index < -0.39 is 0 Å². The molecule has 1 fully saturated rings. The van der Waals surface area contributed by atoms with E-state index in [2.05, 4.69) is 20.8 Å². The highest BCUT2D eigenvalue weighted by molar-refractivity contribution is 6.00. The van der Waals surface area contributed by atoms with Crippen molar-refractivity contribution >= 4 is 11.6 Å². The standard InChI is InChI=1S/C15H18N4O2/c1-9-4-3-5-11(13(9)14(20)16-2)17-8-12-18-19-15(21-12)10-6-7-10/h3-5,10,17H,6-8H2,1-2H3,(H,16,20). The molecule has 1 aromatic carbocycles. The Morgan fingerprint density at radius 3 is 2.90 bits per heavy atom. The zero-order chi connectivity index (χ0) is 14.8. The van der Waals surface area contributed by atoms with Crippen molar-refractivity contribution in [3.8, 4) is 0 Å². The largest absolute Gasteiger partial charge is 0.423 e. The molecule has 0 radical (unpaired) electrons. The summed E-state index contributed by atoms with van der Waals surface area (Å²) in [5.41, 5.74) is 2.33. The highest BCUT2D eigenvalue weighted by Crippen LogP contribution is 2.39. The molecule has 21 heavy (non-hydrogen) atoms. The number of hydrogen-bond acceptors (Lipinski definition) is 5. The second-order valence-electron chi connectivity index (χ2n) is 5.24. The third-order valence-corrected chi connectivity index (χ3v) is 3.57. The lowest BCUT2D eigenvalue weighted by Crippen LogP contribution is -2.21. The van der Waals surface area contributed by atoms with E-state index in [1.807, 2.05) is 25.1 Å². The lowest BCUT2D eigenvalue weighted by atomic mass is 10.1. The number of benzene rings is 1. The zero-order valence-electron chi connectivity index (χ0n) is 12.1. The first-order chi connectivity index (χ1) is 10.2. The average Bonchev–Trinajstić information content (AvgIpc) is 3.23. The summed E-state index contributed by atoms with van der Waals surface area (Å²) in [4.78, 5) is 12.0. The van der Waals surface area contributed by atoms with E-state index in [1.165, 1.54) is 0 Å². The van der Waals surface area contributed by atoms with Crippen LogP contribution in [0.25, 0.3) is 0 Å². The monoisotopic (exact) mass is 286 g/mol. The molecule has 2 aromatic rings. The van der Waals surface area contributed by atoms with Gasteiger partial charge in [0.1, 0.15) is 0 Å². The van der Waals surface area contributed by atoms with Crippen molar-refractivity contribution in [1.82, 2.24) is 15.5 Å². The Kier molecular flexibility index (Phi) is 3.60. The van der Waals surface area contributed by atoms with Gasteiger partial charge >= 0.3 is 0 Å². The summed E-state index contributed by atoms with van der Waals surface area (Å²) in [5.74, 6) is 1.61. The fourth-order valence-electron chi connectivity index (χ4n) is 2.25. The zero-order valence-corrected chi connectivity index (χ0v) is 12.1. The van der Waals surface area contributed by atoms with E-state index in [0.717, 1.165) is 30.0 Å². The van der Waals surface area contributed by atoms with Gasteiger partial charge < -0.3 is 15.1 Å². The molecule has 1 amide bonds. The van der Waals surface area contributed by atoms with Crippen LogP contribution in [0.4, 0.5) is 5.69 Å². The summed E-state index contributed by atoms with van der Waals surface area (Å²) in [5, 5.41) is 13.9. The number of hydrogen-bond donors (Lipinski definition) is 2. The molecule has 1 aliphatic carbocycles. The van der Waals surface area contributed by atoms with Crippen LogP contribution in [0.1, 0.15) is 46.5 Å². The quantitative estimate of drug-likeness (QED) is 0.881. The topological polar surface area (TPSA) is 80.0 Å². The number of carbonyl (C=O) groups is 1. The number of aryl methyl sites for hydroxylation is 1. The number of carbonyl (C=O) groups excluding carboxylic acids is 1. The minimum Gasteiger partial charge on any atom is -0.423 e. The summed E-state index contributed by atoms with van der Waals surface area (Å²) in [6, 6.07) is 5.69. The Morgan fingerprint density at radius 1 is 1.38 bits per heavy atom. The van der Waals surface area contributed by atoms with E-state index in [-0.39, 0.29) is 5.91 Å². The number of rotatable bonds is 5. The molecule has 110 valence electrons. The van der Waals surface area contributed by atoms with Crippen molar-refractivity contribution in [3.63, 3.8) is 0 Å². The smallest absolute Gasteiger partial charge is 0.253 e. The third-order valence-electron chi connectivity index (χ3n) is 3.57. The Balaban J connectivity index is 1.74. The first-order valence-corrected chi connectivity index (χ1v) is 7.07. The molecular weight excluding hydrogens is 268 g/mol. The number of nitrogens with zero attached hydrogens (tertiary/aromatic N) is 2. The van der Waals surface area contributed by atoms with Gasteiger partial charge in [-0.25, -0.2) is 0 Å². The Hall–Kier alpha value is -2.37. The maximum atomic E-state index is 12.0. The second-order valence-corrected chi connectivity index (χ2v) is 5.24. The van der Waals surface area contributed by atoms with Crippen LogP contribution < -0.4 is 10.6 Å². The molecule has 1 aliphatic rings. The molecule has 1 aromatic heterocycles. The molecule has 1 saturated carbocycles. The van der Waals surface area contributed by atoms with Crippen LogP contribution in [-0.4, -0.2) is 23.2 Å². The van der Waals surface area contributed by atoms with Gasteiger partial charge in [-0.15, -0.1) is 10.2 Å². The highest BCUT2D eigenvalue weighted by Gasteiger charge is 2.29. The van der Waals surface area contributed by atoms with E-state index in [9.17, 15) is 4.79 Å². The normalized spacial score (nSPS) is 14.0. The van der Waals surface area contributed by atoms with Gasteiger partial charge in [0, 0.05) is 18.7 Å². The molecule has 0 atom stereocenters. The van der Waals surface area contributed by atoms with Gasteiger partial charge in [0.2, 0.25) is 11.8 Å². The fraction of sp³-hybridized carbons (Fsp3) is 0.400. The van der Waals surface area contributed by atoms with Gasteiger partial charge in [0.05, 0.1) is 12.1 Å². The van der Waals surface area contributed by atoms with E-state index >= 15 is 0 Å². The van der Waals surface area contributed by atoms with E-state index in [1.54, 1.807) is 7.05 Å². The van der Waals surface area contributed by atoms with E-state index in [4.69, 9.17) is 4.42 Å². The lowest BCUT2D eigenvalue weighted by molar-refractivity contribution is 0.0963. The van der Waals surface area contributed by atoms with Crippen molar-refractivity contribution in [3.05, 3.63) is 41.1 Å². The van der Waals surface area contributed by atoms with Gasteiger partial charge in [-0.2, -0.15) is 0 Å². The molecular formula is C15H18N4O2. The van der Waals surface area contributed by atoms with Crippen molar-refractivity contribution in [2.45, 2.75) is 32.2 Å². The first kappa shape index (κ1) is 13.6. The fourth-order valence-corrected chi connectivity index (χ4v) is 2.25. The molecule has 0 spiro atoms. The van der Waals surface area contributed by atoms with Crippen LogP contribution in [0.3, 0.4) is 0 Å². The number of aromatic nitrogens is 2. The maximum absolute atomic E-state index is 12.0. The van der Waals surface area contributed by atoms with Crippen molar-refractivity contribution < 1.29 is 9.21 Å². The summed E-state index contributed by atoms with van der Waals surface area (Å²) in [6.07, 6.45) is 2.27. The molecule has 0 saturated heterocycles. The van der Waals surface area contributed by atoms with Crippen LogP contribution in [-0.2, 0) is 6.54 Å². The number of nitrogens with one attached hydrogen (secondary N) is 2. The predicted octanol–water partition coefficient (Wildman–Crippen LogP) is 2.23. The molecule has 6 heteroatoms. The lowest BCUT2D eigenvalue weighted by Gasteiger charge is -2.12. The van der Waals surface area contributed by atoms with Crippen LogP contribution >= 0.6 is 0 Å². The number of anilines is 1. The maximum Gasteiger partial charge on any atom is 0.253 e. The van der Waals surface area contributed by atoms with Crippen LogP contribution in [0.2, 0.25) is 0 Å². The molecule has 6 nitrogen and oxygen atoms in total. The minimum absolute atomic E-state index is 0.111. The minimum atomic E-state index is -0.111. The summed E-state index contributed by atoms with van der Waals surface area (Å²) in [7, 11) is 1.62. The van der Waals surface area contributed by atoms with Gasteiger partial charge in [-0.1, -0.05) is 12.1 Å². The SMILES string of the molecule is CNC(=O)c1c(C)cccc1NCc1nnc(C2CC2)o1. The van der Waals surface area contributed by atoms with Crippen LogP contribution in [0.15, 0.2) is 22.6 Å². The third kappa shape index (κ3) is 2.89. The predicted molar refractivity (Wildman–Crippen MR) is 78.2 cm³/mol. The molecule has 0 aliphatic heterocycles. The summed E-state index contributed by atoms with van der Waals surface area (Å²) < 4.78 is 5.60. The van der Waals surface area contributed by atoms with Crippen molar-refractivity contribution in [1.29, 1.82) is 0 Å². The van der Waals surface area contributed by atoms with E-state index in [0.29, 0.717) is 23.9 Å². The molecule has 1 heterocycles. The Morgan fingerprint density at radius 2 is 2.19 bits per heavy atom. The second kappa shape index (κ2) is 5.55. The molecule has 0 unspecified atom stereocenters. The molecule has 2 N–H and O–H groups in total. The van der Waals surface area contributed by atoms with Crippen LogP contribution in [0, 0.1) is 6.92 Å². The van der Waals surface area contributed by atoms with Crippen LogP contribution in [0.5, 0.6) is 0 Å².